The van der Waals surface area contributed by atoms with Crippen molar-refractivity contribution in [3.63, 3.8) is 0 Å². The second-order valence-corrected chi connectivity index (χ2v) is 6.07. The molecule has 1 amide bonds. The molecule has 0 unspecified atom stereocenters. The van der Waals surface area contributed by atoms with E-state index >= 15 is 0 Å². The number of esters is 1. The molecular weight excluding hydrogens is 270 g/mol. The van der Waals surface area contributed by atoms with Gasteiger partial charge in [-0.15, -0.1) is 0 Å². The number of ether oxygens (including phenoxy) is 2. The minimum Gasteiger partial charge on any atom is -0.482 e. The molecule has 0 fully saturated rings. The van der Waals surface area contributed by atoms with Crippen molar-refractivity contribution in [1.29, 1.82) is 0 Å². The average molecular weight is 293 g/mol. The van der Waals surface area contributed by atoms with Crippen LogP contribution in [0.4, 0.5) is 0 Å². The fourth-order valence-corrected chi connectivity index (χ4v) is 1.80. The van der Waals surface area contributed by atoms with E-state index in [1.807, 2.05) is 52.8 Å². The first-order valence-electron chi connectivity index (χ1n) is 6.83. The minimum atomic E-state index is -0.571. The fourth-order valence-electron chi connectivity index (χ4n) is 1.80. The highest BCUT2D eigenvalue weighted by Crippen LogP contribution is 2.16. The Bertz CT molecular complexity index is 497. The number of nitrogens with one attached hydrogen (secondary N) is 1. The summed E-state index contributed by atoms with van der Waals surface area (Å²) >= 11 is 0. The van der Waals surface area contributed by atoms with Crippen LogP contribution in [0.3, 0.4) is 0 Å². The summed E-state index contributed by atoms with van der Waals surface area (Å²) in [6.45, 7) is 8.96. The van der Waals surface area contributed by atoms with Gasteiger partial charge in [-0.1, -0.05) is 6.07 Å². The lowest BCUT2D eigenvalue weighted by Crippen LogP contribution is -2.43. The molecule has 0 heterocycles. The molecule has 0 saturated carbocycles. The van der Waals surface area contributed by atoms with Crippen LogP contribution in [0.5, 0.6) is 5.75 Å². The Morgan fingerprint density at radius 2 is 1.62 bits per heavy atom. The number of carbonyl (C=O) groups excluding carboxylic acids is 2. The van der Waals surface area contributed by atoms with Gasteiger partial charge >= 0.3 is 5.97 Å². The van der Waals surface area contributed by atoms with E-state index in [1.54, 1.807) is 0 Å². The maximum Gasteiger partial charge on any atom is 0.344 e. The van der Waals surface area contributed by atoms with Crippen LogP contribution in [0.25, 0.3) is 0 Å². The Kier molecular flexibility index (Phi) is 5.76. The van der Waals surface area contributed by atoms with Gasteiger partial charge in [0.25, 0.3) is 5.91 Å². The maximum atomic E-state index is 11.5. The molecule has 116 valence electrons. The summed E-state index contributed by atoms with van der Waals surface area (Å²) < 4.78 is 10.2. The van der Waals surface area contributed by atoms with Crippen molar-refractivity contribution in [3.05, 3.63) is 29.3 Å². The quantitative estimate of drug-likeness (QED) is 0.845. The standard InChI is InChI=1S/C16H23NO4/c1-11-6-12(2)8-13(7-11)20-10-15(19)21-9-14(18)17-16(3,4)5/h6-8H,9-10H2,1-5H3,(H,17,18). The summed E-state index contributed by atoms with van der Waals surface area (Å²) in [4.78, 5) is 23.0. The van der Waals surface area contributed by atoms with E-state index in [1.165, 1.54) is 0 Å². The predicted molar refractivity (Wildman–Crippen MR) is 80.3 cm³/mol. The first kappa shape index (κ1) is 17.0. The molecule has 1 aromatic rings. The Hall–Kier alpha value is -2.04. The predicted octanol–water partition coefficient (Wildman–Crippen LogP) is 2.14. The van der Waals surface area contributed by atoms with E-state index < -0.39 is 5.97 Å². The molecule has 21 heavy (non-hydrogen) atoms. The third kappa shape index (κ3) is 7.34. The van der Waals surface area contributed by atoms with Crippen LogP contribution in [0.1, 0.15) is 31.9 Å². The lowest BCUT2D eigenvalue weighted by atomic mass is 10.1. The zero-order valence-corrected chi connectivity index (χ0v) is 13.3. The average Bonchev–Trinajstić information content (AvgIpc) is 2.30. The van der Waals surface area contributed by atoms with Gasteiger partial charge in [0.15, 0.2) is 13.2 Å². The smallest absolute Gasteiger partial charge is 0.344 e. The Balaban J connectivity index is 2.36. The second-order valence-electron chi connectivity index (χ2n) is 6.07. The van der Waals surface area contributed by atoms with Gasteiger partial charge in [0.05, 0.1) is 0 Å². The zero-order valence-electron chi connectivity index (χ0n) is 13.3. The molecule has 0 aliphatic heterocycles. The van der Waals surface area contributed by atoms with E-state index in [2.05, 4.69) is 5.32 Å². The van der Waals surface area contributed by atoms with Gasteiger partial charge in [0.1, 0.15) is 5.75 Å². The number of amides is 1. The highest BCUT2D eigenvalue weighted by atomic mass is 16.6. The van der Waals surface area contributed by atoms with E-state index in [9.17, 15) is 9.59 Å². The van der Waals surface area contributed by atoms with Crippen LogP contribution < -0.4 is 10.1 Å². The van der Waals surface area contributed by atoms with Crippen LogP contribution >= 0.6 is 0 Å². The summed E-state index contributed by atoms with van der Waals surface area (Å²) in [6, 6.07) is 5.70. The highest BCUT2D eigenvalue weighted by Gasteiger charge is 2.15. The van der Waals surface area contributed by atoms with E-state index in [0.717, 1.165) is 11.1 Å². The normalized spacial score (nSPS) is 10.9. The summed E-state index contributed by atoms with van der Waals surface area (Å²) in [5.74, 6) is -0.288. The molecule has 0 aliphatic rings. The number of hydrogen-bond donors (Lipinski definition) is 1. The van der Waals surface area contributed by atoms with Gasteiger partial charge < -0.3 is 14.8 Å². The van der Waals surface area contributed by atoms with Crippen molar-refractivity contribution in [2.45, 2.75) is 40.2 Å². The minimum absolute atomic E-state index is 0.217. The Morgan fingerprint density at radius 1 is 1.05 bits per heavy atom. The Labute approximate surface area is 125 Å². The van der Waals surface area contributed by atoms with Gasteiger partial charge in [0.2, 0.25) is 0 Å². The van der Waals surface area contributed by atoms with Gasteiger partial charge in [-0.05, 0) is 57.9 Å². The largest absolute Gasteiger partial charge is 0.482 e. The van der Waals surface area contributed by atoms with Crippen LogP contribution in [0, 0.1) is 13.8 Å². The number of hydrogen-bond acceptors (Lipinski definition) is 4. The molecule has 1 N–H and O–H groups in total. The van der Waals surface area contributed by atoms with Crippen LogP contribution in [-0.4, -0.2) is 30.6 Å². The number of rotatable bonds is 5. The SMILES string of the molecule is Cc1cc(C)cc(OCC(=O)OCC(=O)NC(C)(C)C)c1. The highest BCUT2D eigenvalue weighted by molar-refractivity contribution is 5.81. The van der Waals surface area contributed by atoms with Crippen molar-refractivity contribution in [2.24, 2.45) is 0 Å². The van der Waals surface area contributed by atoms with E-state index in [0.29, 0.717) is 5.75 Å². The number of carbonyl (C=O) groups is 2. The second kappa shape index (κ2) is 7.11. The summed E-state index contributed by atoms with van der Waals surface area (Å²) in [5.41, 5.74) is 1.77. The molecule has 0 aliphatic carbocycles. The van der Waals surface area contributed by atoms with Crippen molar-refractivity contribution in [2.75, 3.05) is 13.2 Å². The summed E-state index contributed by atoms with van der Waals surface area (Å²) in [6.07, 6.45) is 0. The van der Waals surface area contributed by atoms with Crippen molar-refractivity contribution < 1.29 is 19.1 Å². The molecule has 1 aromatic carbocycles. The molecular formula is C16H23NO4. The van der Waals surface area contributed by atoms with Gasteiger partial charge in [-0.2, -0.15) is 0 Å². The number of benzene rings is 1. The van der Waals surface area contributed by atoms with Crippen LogP contribution in [-0.2, 0) is 14.3 Å². The first-order valence-corrected chi connectivity index (χ1v) is 6.83. The first-order chi connectivity index (χ1) is 9.65. The summed E-state index contributed by atoms with van der Waals surface area (Å²) in [7, 11) is 0. The molecule has 0 radical (unpaired) electrons. The third-order valence-electron chi connectivity index (χ3n) is 2.43. The maximum absolute atomic E-state index is 11.5. The van der Waals surface area contributed by atoms with E-state index in [-0.39, 0.29) is 24.7 Å². The monoisotopic (exact) mass is 293 g/mol. The molecule has 0 bridgehead atoms. The Morgan fingerprint density at radius 3 is 2.14 bits per heavy atom. The van der Waals surface area contributed by atoms with Gasteiger partial charge in [0, 0.05) is 5.54 Å². The molecule has 5 nitrogen and oxygen atoms in total. The van der Waals surface area contributed by atoms with E-state index in [4.69, 9.17) is 9.47 Å². The number of aryl methyl sites for hydroxylation is 2. The van der Waals surface area contributed by atoms with Crippen molar-refractivity contribution >= 4 is 11.9 Å². The summed E-state index contributed by atoms with van der Waals surface area (Å²) in [5, 5.41) is 2.71. The van der Waals surface area contributed by atoms with Crippen molar-refractivity contribution in [3.8, 4) is 5.75 Å². The lowest BCUT2D eigenvalue weighted by Gasteiger charge is -2.20. The molecule has 0 atom stereocenters. The molecule has 1 rings (SSSR count). The molecule has 0 aromatic heterocycles. The van der Waals surface area contributed by atoms with Crippen LogP contribution in [0.2, 0.25) is 0 Å². The van der Waals surface area contributed by atoms with Gasteiger partial charge in [-0.25, -0.2) is 4.79 Å². The molecule has 5 heteroatoms. The third-order valence-corrected chi connectivity index (χ3v) is 2.43. The zero-order chi connectivity index (χ0) is 16.0. The van der Waals surface area contributed by atoms with Gasteiger partial charge in [-0.3, -0.25) is 4.79 Å². The van der Waals surface area contributed by atoms with Crippen LogP contribution in [0.15, 0.2) is 18.2 Å². The molecule has 0 saturated heterocycles. The lowest BCUT2D eigenvalue weighted by molar-refractivity contribution is -0.150. The van der Waals surface area contributed by atoms with Crippen molar-refractivity contribution in [1.82, 2.24) is 5.32 Å². The fraction of sp³-hybridized carbons (Fsp3) is 0.500. The molecule has 0 spiro atoms. The topological polar surface area (TPSA) is 64.6 Å².